The Hall–Kier alpha value is -1.71. The first-order chi connectivity index (χ1) is 7.74. The molecule has 0 radical (unpaired) electrons. The molecule has 86 valence electrons. The SMILES string of the molecule is COC(=O)c1cccc(N2CCCC2)c1O. The third-order valence-electron chi connectivity index (χ3n) is 2.87. The van der Waals surface area contributed by atoms with Crippen molar-refractivity contribution >= 4 is 11.7 Å². The number of anilines is 1. The smallest absolute Gasteiger partial charge is 0.341 e. The van der Waals surface area contributed by atoms with Gasteiger partial charge in [0.05, 0.1) is 12.8 Å². The second-order valence-corrected chi connectivity index (χ2v) is 3.86. The number of benzene rings is 1. The van der Waals surface area contributed by atoms with Gasteiger partial charge in [0.15, 0.2) is 5.75 Å². The van der Waals surface area contributed by atoms with Gasteiger partial charge in [-0.1, -0.05) is 6.07 Å². The number of para-hydroxylation sites is 1. The Kier molecular flexibility index (Phi) is 2.99. The molecule has 1 aliphatic heterocycles. The van der Waals surface area contributed by atoms with Crippen LogP contribution in [0.2, 0.25) is 0 Å². The third kappa shape index (κ3) is 1.83. The van der Waals surface area contributed by atoms with Crippen LogP contribution in [0.3, 0.4) is 0 Å². The minimum atomic E-state index is -0.501. The number of nitrogens with zero attached hydrogens (tertiary/aromatic N) is 1. The van der Waals surface area contributed by atoms with Crippen molar-refractivity contribution in [2.24, 2.45) is 0 Å². The number of carbonyl (C=O) groups excluding carboxylic acids is 1. The summed E-state index contributed by atoms with van der Waals surface area (Å²) in [7, 11) is 1.31. The van der Waals surface area contributed by atoms with Crippen LogP contribution in [-0.2, 0) is 4.74 Å². The standard InChI is InChI=1S/C12H15NO3/c1-16-12(15)9-5-4-6-10(11(9)14)13-7-2-3-8-13/h4-6,14H,2-3,7-8H2,1H3. The molecule has 0 spiro atoms. The zero-order valence-corrected chi connectivity index (χ0v) is 9.27. The number of hydrogen-bond donors (Lipinski definition) is 1. The Labute approximate surface area is 94.4 Å². The minimum absolute atomic E-state index is 0.0243. The molecule has 0 amide bonds. The molecule has 4 nitrogen and oxygen atoms in total. The maximum absolute atomic E-state index is 11.4. The van der Waals surface area contributed by atoms with Crippen molar-refractivity contribution in [3.63, 3.8) is 0 Å². The number of phenols is 1. The van der Waals surface area contributed by atoms with Crippen LogP contribution in [-0.4, -0.2) is 31.3 Å². The summed E-state index contributed by atoms with van der Waals surface area (Å²) in [6.07, 6.45) is 2.25. The van der Waals surface area contributed by atoms with E-state index in [2.05, 4.69) is 9.64 Å². The van der Waals surface area contributed by atoms with Crippen LogP contribution in [0.15, 0.2) is 18.2 Å². The zero-order valence-electron chi connectivity index (χ0n) is 9.27. The average molecular weight is 221 g/mol. The molecule has 16 heavy (non-hydrogen) atoms. The number of aromatic hydroxyl groups is 1. The van der Waals surface area contributed by atoms with E-state index in [-0.39, 0.29) is 11.3 Å². The summed E-state index contributed by atoms with van der Waals surface area (Å²) in [4.78, 5) is 13.5. The van der Waals surface area contributed by atoms with Crippen molar-refractivity contribution in [2.45, 2.75) is 12.8 Å². The maximum Gasteiger partial charge on any atom is 0.341 e. The summed E-state index contributed by atoms with van der Waals surface area (Å²) in [5, 5.41) is 10.0. The van der Waals surface area contributed by atoms with E-state index >= 15 is 0 Å². The summed E-state index contributed by atoms with van der Waals surface area (Å²) < 4.78 is 4.62. The summed E-state index contributed by atoms with van der Waals surface area (Å²) in [5.41, 5.74) is 0.951. The first-order valence-corrected chi connectivity index (χ1v) is 5.39. The van der Waals surface area contributed by atoms with Gasteiger partial charge in [0.1, 0.15) is 5.56 Å². The second kappa shape index (κ2) is 4.43. The molecule has 1 heterocycles. The van der Waals surface area contributed by atoms with Gasteiger partial charge >= 0.3 is 5.97 Å². The second-order valence-electron chi connectivity index (χ2n) is 3.86. The quantitative estimate of drug-likeness (QED) is 0.773. The molecule has 1 aromatic carbocycles. The van der Waals surface area contributed by atoms with Crippen molar-refractivity contribution in [2.75, 3.05) is 25.1 Å². The largest absolute Gasteiger partial charge is 0.505 e. The van der Waals surface area contributed by atoms with Gasteiger partial charge in [0, 0.05) is 13.1 Å². The highest BCUT2D eigenvalue weighted by molar-refractivity contribution is 5.94. The Morgan fingerprint density at radius 2 is 2.06 bits per heavy atom. The molecule has 1 saturated heterocycles. The third-order valence-corrected chi connectivity index (χ3v) is 2.87. The van der Waals surface area contributed by atoms with E-state index in [1.54, 1.807) is 12.1 Å². The normalized spacial score (nSPS) is 15.2. The van der Waals surface area contributed by atoms with E-state index in [0.717, 1.165) is 31.6 Å². The van der Waals surface area contributed by atoms with Crippen molar-refractivity contribution in [1.29, 1.82) is 0 Å². The molecular formula is C12H15NO3. The van der Waals surface area contributed by atoms with Gasteiger partial charge < -0.3 is 14.7 Å². The van der Waals surface area contributed by atoms with Crippen molar-refractivity contribution in [3.8, 4) is 5.75 Å². The molecular weight excluding hydrogens is 206 g/mol. The molecule has 0 bridgehead atoms. The predicted octanol–water partition coefficient (Wildman–Crippen LogP) is 1.78. The van der Waals surface area contributed by atoms with E-state index in [1.165, 1.54) is 7.11 Å². The van der Waals surface area contributed by atoms with Gasteiger partial charge in [-0.3, -0.25) is 0 Å². The lowest BCUT2D eigenvalue weighted by molar-refractivity contribution is 0.0597. The first kappa shape index (κ1) is 10.8. The number of rotatable bonds is 2. The monoisotopic (exact) mass is 221 g/mol. The summed E-state index contributed by atoms with van der Waals surface area (Å²) in [6, 6.07) is 5.16. The van der Waals surface area contributed by atoms with Crippen molar-refractivity contribution in [1.82, 2.24) is 0 Å². The van der Waals surface area contributed by atoms with Crippen LogP contribution >= 0.6 is 0 Å². The Bertz CT molecular complexity index is 397. The highest BCUT2D eigenvalue weighted by atomic mass is 16.5. The molecule has 1 fully saturated rings. The highest BCUT2D eigenvalue weighted by Gasteiger charge is 2.20. The van der Waals surface area contributed by atoms with Crippen molar-refractivity contribution in [3.05, 3.63) is 23.8 Å². The fourth-order valence-corrected chi connectivity index (χ4v) is 2.02. The fraction of sp³-hybridized carbons (Fsp3) is 0.417. The van der Waals surface area contributed by atoms with Crippen molar-refractivity contribution < 1.29 is 14.6 Å². The summed E-state index contributed by atoms with van der Waals surface area (Å²) >= 11 is 0. The van der Waals surface area contributed by atoms with Crippen LogP contribution in [0.1, 0.15) is 23.2 Å². The Balaban J connectivity index is 2.35. The number of carbonyl (C=O) groups is 1. The topological polar surface area (TPSA) is 49.8 Å². The molecule has 2 rings (SSSR count). The lowest BCUT2D eigenvalue weighted by atomic mass is 10.1. The molecule has 1 aromatic rings. The Morgan fingerprint density at radius 3 is 2.69 bits per heavy atom. The van der Waals surface area contributed by atoms with E-state index in [0.29, 0.717) is 0 Å². The number of methoxy groups -OCH3 is 1. The number of hydrogen-bond acceptors (Lipinski definition) is 4. The molecule has 0 aromatic heterocycles. The van der Waals surface area contributed by atoms with Crippen LogP contribution in [0.5, 0.6) is 5.75 Å². The lowest BCUT2D eigenvalue weighted by Crippen LogP contribution is -2.18. The predicted molar refractivity (Wildman–Crippen MR) is 60.9 cm³/mol. The summed E-state index contributed by atoms with van der Waals surface area (Å²) in [5.74, 6) is -0.477. The van der Waals surface area contributed by atoms with Gasteiger partial charge in [0.2, 0.25) is 0 Å². The van der Waals surface area contributed by atoms with Crippen LogP contribution in [0.25, 0.3) is 0 Å². The van der Waals surface area contributed by atoms with Gasteiger partial charge in [-0.15, -0.1) is 0 Å². The number of esters is 1. The van der Waals surface area contributed by atoms with Gasteiger partial charge in [-0.05, 0) is 25.0 Å². The maximum atomic E-state index is 11.4. The molecule has 0 saturated carbocycles. The van der Waals surface area contributed by atoms with Gasteiger partial charge in [0.25, 0.3) is 0 Å². The highest BCUT2D eigenvalue weighted by Crippen LogP contribution is 2.33. The van der Waals surface area contributed by atoms with Crippen LogP contribution < -0.4 is 4.90 Å². The lowest BCUT2D eigenvalue weighted by Gasteiger charge is -2.19. The minimum Gasteiger partial charge on any atom is -0.505 e. The Morgan fingerprint density at radius 1 is 1.38 bits per heavy atom. The fourth-order valence-electron chi connectivity index (χ4n) is 2.02. The first-order valence-electron chi connectivity index (χ1n) is 5.39. The number of ether oxygens (including phenoxy) is 1. The van der Waals surface area contributed by atoms with E-state index in [4.69, 9.17) is 0 Å². The van der Waals surface area contributed by atoms with E-state index in [1.807, 2.05) is 6.07 Å². The van der Waals surface area contributed by atoms with Gasteiger partial charge in [-0.2, -0.15) is 0 Å². The van der Waals surface area contributed by atoms with Gasteiger partial charge in [-0.25, -0.2) is 4.79 Å². The van der Waals surface area contributed by atoms with E-state index in [9.17, 15) is 9.90 Å². The van der Waals surface area contributed by atoms with Crippen LogP contribution in [0.4, 0.5) is 5.69 Å². The molecule has 0 atom stereocenters. The molecule has 1 N–H and O–H groups in total. The van der Waals surface area contributed by atoms with Crippen LogP contribution in [0, 0.1) is 0 Å². The number of phenolic OH excluding ortho intramolecular Hbond substituents is 1. The molecule has 0 aliphatic carbocycles. The average Bonchev–Trinajstić information content (AvgIpc) is 2.82. The molecule has 1 aliphatic rings. The molecule has 0 unspecified atom stereocenters. The molecule has 4 heteroatoms. The zero-order chi connectivity index (χ0) is 11.5. The van der Waals surface area contributed by atoms with E-state index < -0.39 is 5.97 Å². The summed E-state index contributed by atoms with van der Waals surface area (Å²) in [6.45, 7) is 1.86.